The van der Waals surface area contributed by atoms with E-state index in [0.717, 1.165) is 0 Å². The molecule has 1 aromatic rings. The van der Waals surface area contributed by atoms with Crippen LogP contribution in [0.5, 0.6) is 11.5 Å². The summed E-state index contributed by atoms with van der Waals surface area (Å²) >= 11 is 0. The van der Waals surface area contributed by atoms with Crippen molar-refractivity contribution >= 4 is 11.8 Å². The summed E-state index contributed by atoms with van der Waals surface area (Å²) in [5.41, 5.74) is -0.972. The van der Waals surface area contributed by atoms with Gasteiger partial charge in [-0.05, 0) is 19.9 Å². The van der Waals surface area contributed by atoms with Crippen molar-refractivity contribution in [3.63, 3.8) is 0 Å². The maximum atomic E-state index is 11.9. The first-order valence-electron chi connectivity index (χ1n) is 6.94. The minimum Gasteiger partial charge on any atom is -0.485 e. The molecule has 3 rings (SSSR count). The van der Waals surface area contributed by atoms with E-state index in [4.69, 9.17) is 14.2 Å². The van der Waals surface area contributed by atoms with Crippen LogP contribution >= 0.6 is 0 Å². The van der Waals surface area contributed by atoms with Gasteiger partial charge in [0, 0.05) is 12.1 Å². The number of nitro groups is 1. The maximum absolute atomic E-state index is 11.9. The molecule has 1 aromatic carbocycles. The molecule has 1 amide bonds. The van der Waals surface area contributed by atoms with Crippen molar-refractivity contribution in [2.45, 2.75) is 25.5 Å². The smallest absolute Gasteiger partial charge is 0.411 e. The van der Waals surface area contributed by atoms with E-state index >= 15 is 0 Å². The highest BCUT2D eigenvalue weighted by Gasteiger charge is 2.49. The Morgan fingerprint density at radius 3 is 2.55 bits per heavy atom. The van der Waals surface area contributed by atoms with Crippen molar-refractivity contribution in [1.29, 1.82) is 0 Å². The number of fused-ring (bicyclic) bond motifs is 1. The van der Waals surface area contributed by atoms with Crippen LogP contribution in [0.1, 0.15) is 13.8 Å². The Labute approximate surface area is 126 Å². The van der Waals surface area contributed by atoms with Gasteiger partial charge in [-0.1, -0.05) is 0 Å². The Morgan fingerprint density at radius 2 is 1.95 bits per heavy atom. The molecule has 2 aliphatic heterocycles. The molecule has 0 N–H and O–H groups in total. The van der Waals surface area contributed by atoms with Gasteiger partial charge >= 0.3 is 6.09 Å². The lowest BCUT2D eigenvalue weighted by Crippen LogP contribution is -2.45. The third-order valence-corrected chi connectivity index (χ3v) is 3.74. The zero-order valence-electron chi connectivity index (χ0n) is 12.3. The van der Waals surface area contributed by atoms with Crippen LogP contribution in [0.3, 0.4) is 0 Å². The molecule has 0 aromatic heterocycles. The van der Waals surface area contributed by atoms with E-state index in [9.17, 15) is 14.9 Å². The first-order chi connectivity index (χ1) is 10.4. The van der Waals surface area contributed by atoms with Crippen molar-refractivity contribution < 1.29 is 23.9 Å². The zero-order valence-corrected chi connectivity index (χ0v) is 12.3. The quantitative estimate of drug-likeness (QED) is 0.612. The van der Waals surface area contributed by atoms with E-state index in [1.165, 1.54) is 18.2 Å². The number of nitrogens with zero attached hydrogens (tertiary/aromatic N) is 2. The van der Waals surface area contributed by atoms with E-state index in [1.54, 1.807) is 4.90 Å². The largest absolute Gasteiger partial charge is 0.485 e. The van der Waals surface area contributed by atoms with Gasteiger partial charge in [-0.25, -0.2) is 4.79 Å². The SMILES string of the molecule is CC(C)N1CC2(COc3ccc([N+](=O)[O-])cc3OC2)OC1=O. The summed E-state index contributed by atoms with van der Waals surface area (Å²) in [6.45, 7) is 4.40. The highest BCUT2D eigenvalue weighted by atomic mass is 16.6. The molecular formula is C14H16N2O6. The Kier molecular flexibility index (Phi) is 3.31. The second kappa shape index (κ2) is 5.04. The summed E-state index contributed by atoms with van der Waals surface area (Å²) in [5.74, 6) is 0.687. The number of carbonyl (C=O) groups excluding carboxylic acids is 1. The fourth-order valence-corrected chi connectivity index (χ4v) is 2.50. The Balaban J connectivity index is 1.82. The van der Waals surface area contributed by atoms with Crippen molar-refractivity contribution in [2.75, 3.05) is 19.8 Å². The van der Waals surface area contributed by atoms with Gasteiger partial charge in [0.25, 0.3) is 5.69 Å². The Bertz CT molecular complexity index is 632. The lowest BCUT2D eigenvalue weighted by Gasteiger charge is -2.24. The molecule has 0 radical (unpaired) electrons. The van der Waals surface area contributed by atoms with Crippen LogP contribution in [0.25, 0.3) is 0 Å². The summed E-state index contributed by atoms with van der Waals surface area (Å²) < 4.78 is 16.7. The summed E-state index contributed by atoms with van der Waals surface area (Å²) in [6.07, 6.45) is -0.404. The number of hydrogen-bond acceptors (Lipinski definition) is 6. The number of nitro benzene ring substituents is 1. The van der Waals surface area contributed by atoms with Gasteiger partial charge in [-0.3, -0.25) is 10.1 Å². The van der Waals surface area contributed by atoms with Crippen LogP contribution < -0.4 is 9.47 Å². The monoisotopic (exact) mass is 308 g/mol. The molecule has 1 fully saturated rings. The van der Waals surface area contributed by atoms with Crippen molar-refractivity contribution in [3.05, 3.63) is 28.3 Å². The van der Waals surface area contributed by atoms with Crippen LogP contribution in [-0.4, -0.2) is 47.3 Å². The van der Waals surface area contributed by atoms with Gasteiger partial charge in [0.2, 0.25) is 0 Å². The summed E-state index contributed by atoms with van der Waals surface area (Å²) in [7, 11) is 0. The molecular weight excluding hydrogens is 292 g/mol. The third-order valence-electron chi connectivity index (χ3n) is 3.74. The van der Waals surface area contributed by atoms with Crippen LogP contribution in [0.2, 0.25) is 0 Å². The summed E-state index contributed by atoms with van der Waals surface area (Å²) in [4.78, 5) is 23.8. The molecule has 118 valence electrons. The molecule has 1 atom stereocenters. The normalized spacial score (nSPS) is 23.6. The second-order valence-electron chi connectivity index (χ2n) is 5.74. The molecule has 0 bridgehead atoms. The number of amides is 1. The molecule has 0 aliphatic carbocycles. The highest BCUT2D eigenvalue weighted by Crippen LogP contribution is 2.37. The van der Waals surface area contributed by atoms with Gasteiger partial charge in [0.05, 0.1) is 17.5 Å². The lowest BCUT2D eigenvalue weighted by molar-refractivity contribution is -0.385. The van der Waals surface area contributed by atoms with Crippen molar-refractivity contribution in [2.24, 2.45) is 0 Å². The van der Waals surface area contributed by atoms with Gasteiger partial charge in [-0.15, -0.1) is 0 Å². The van der Waals surface area contributed by atoms with Crippen molar-refractivity contribution in [3.8, 4) is 11.5 Å². The molecule has 1 spiro atoms. The van der Waals surface area contributed by atoms with Crippen LogP contribution in [0.4, 0.5) is 10.5 Å². The number of benzene rings is 1. The van der Waals surface area contributed by atoms with Gasteiger partial charge in [0.1, 0.15) is 13.2 Å². The summed E-state index contributed by atoms with van der Waals surface area (Å²) in [5, 5.41) is 10.8. The highest BCUT2D eigenvalue weighted by molar-refractivity contribution is 5.71. The number of non-ortho nitro benzene ring substituents is 1. The molecule has 1 unspecified atom stereocenters. The van der Waals surface area contributed by atoms with Gasteiger partial charge in [0.15, 0.2) is 17.1 Å². The second-order valence-corrected chi connectivity index (χ2v) is 5.74. The lowest BCUT2D eigenvalue weighted by atomic mass is 10.1. The number of rotatable bonds is 2. The Hall–Kier alpha value is -2.51. The first kappa shape index (κ1) is 14.4. The molecule has 22 heavy (non-hydrogen) atoms. The Morgan fingerprint density at radius 1 is 1.27 bits per heavy atom. The maximum Gasteiger partial charge on any atom is 0.411 e. The fourth-order valence-electron chi connectivity index (χ4n) is 2.50. The standard InChI is InChI=1S/C14H16N2O6/c1-9(2)15-6-14(22-13(15)17)7-20-11-4-3-10(16(18)19)5-12(11)21-8-14/h3-5,9H,6-8H2,1-2H3. The number of hydrogen-bond donors (Lipinski definition) is 0. The topological polar surface area (TPSA) is 91.1 Å². The van der Waals surface area contributed by atoms with E-state index < -0.39 is 16.6 Å². The van der Waals surface area contributed by atoms with Crippen molar-refractivity contribution in [1.82, 2.24) is 4.90 Å². The molecule has 8 nitrogen and oxygen atoms in total. The zero-order chi connectivity index (χ0) is 15.9. The van der Waals surface area contributed by atoms with Gasteiger partial charge < -0.3 is 19.1 Å². The van der Waals surface area contributed by atoms with Crippen LogP contribution in [-0.2, 0) is 4.74 Å². The average molecular weight is 308 g/mol. The average Bonchev–Trinajstić information content (AvgIpc) is 2.69. The third kappa shape index (κ3) is 2.40. The predicted octanol–water partition coefficient (Wildman–Crippen LogP) is 1.97. The molecule has 8 heteroatoms. The molecule has 1 saturated heterocycles. The number of carbonyl (C=O) groups is 1. The number of ether oxygens (including phenoxy) is 3. The summed E-state index contributed by atoms with van der Waals surface area (Å²) in [6, 6.07) is 4.16. The van der Waals surface area contributed by atoms with Gasteiger partial charge in [-0.2, -0.15) is 0 Å². The van der Waals surface area contributed by atoms with E-state index in [-0.39, 0.29) is 30.7 Å². The van der Waals surface area contributed by atoms with Crippen LogP contribution in [0, 0.1) is 10.1 Å². The van der Waals surface area contributed by atoms with E-state index in [1.807, 2.05) is 13.8 Å². The molecule has 2 aliphatic rings. The minimum atomic E-state index is -0.894. The predicted molar refractivity (Wildman–Crippen MR) is 75.1 cm³/mol. The first-order valence-corrected chi connectivity index (χ1v) is 6.94. The molecule has 0 saturated carbocycles. The minimum absolute atomic E-state index is 0.0126. The molecule has 2 heterocycles. The van der Waals surface area contributed by atoms with Crippen LogP contribution in [0.15, 0.2) is 18.2 Å². The fraction of sp³-hybridized carbons (Fsp3) is 0.500. The van der Waals surface area contributed by atoms with E-state index in [0.29, 0.717) is 12.3 Å². The van der Waals surface area contributed by atoms with E-state index in [2.05, 4.69) is 0 Å².